The molecule has 5 nitrogen and oxygen atoms in total. The number of benzene rings is 1. The van der Waals surface area contributed by atoms with Crippen molar-refractivity contribution in [3.05, 3.63) is 41.2 Å². The van der Waals surface area contributed by atoms with Crippen LogP contribution in [0.5, 0.6) is 0 Å². The summed E-state index contributed by atoms with van der Waals surface area (Å²) in [4.78, 5) is 18.7. The minimum atomic E-state index is 0. The molecule has 1 fully saturated rings. The molecule has 0 radical (unpaired) electrons. The van der Waals surface area contributed by atoms with Crippen molar-refractivity contribution in [2.45, 2.75) is 19.8 Å². The Hall–Kier alpha value is -1.56. The summed E-state index contributed by atoms with van der Waals surface area (Å²) in [5.41, 5.74) is 7.30. The summed E-state index contributed by atoms with van der Waals surface area (Å²) >= 11 is 5.87. The van der Waals surface area contributed by atoms with E-state index in [1.165, 1.54) is 0 Å². The smallest absolute Gasteiger partial charge is 0.228 e. The van der Waals surface area contributed by atoms with E-state index in [1.54, 1.807) is 18.4 Å². The van der Waals surface area contributed by atoms with Crippen LogP contribution in [0.4, 0.5) is 0 Å². The number of hydrogen-bond acceptors (Lipinski definition) is 4. The second kappa shape index (κ2) is 7.55. The first-order chi connectivity index (χ1) is 11.0. The number of nitrogens with zero attached hydrogens (tertiary/aromatic N) is 2. The van der Waals surface area contributed by atoms with Gasteiger partial charge in [0, 0.05) is 23.7 Å². The Balaban J connectivity index is 0.00000208. The number of hydrogen-bond donors (Lipinski definition) is 1. The second-order valence-corrected chi connectivity index (χ2v) is 6.84. The fourth-order valence-corrected chi connectivity index (χ4v) is 2.91. The van der Waals surface area contributed by atoms with Gasteiger partial charge in [-0.3, -0.25) is 4.79 Å². The zero-order valence-electron chi connectivity index (χ0n) is 13.5. The van der Waals surface area contributed by atoms with Crippen LogP contribution in [0.3, 0.4) is 0 Å². The van der Waals surface area contributed by atoms with Crippen molar-refractivity contribution >= 4 is 29.9 Å². The normalized spacial score (nSPS) is 20.0. The first-order valence-corrected chi connectivity index (χ1v) is 8.05. The van der Waals surface area contributed by atoms with Crippen LogP contribution in [0.2, 0.25) is 5.02 Å². The highest BCUT2D eigenvalue weighted by molar-refractivity contribution is 6.30. The van der Waals surface area contributed by atoms with Gasteiger partial charge in [0.25, 0.3) is 0 Å². The summed E-state index contributed by atoms with van der Waals surface area (Å²) in [7, 11) is 0. The number of likely N-dealkylation sites (tertiary alicyclic amines) is 1. The molecule has 0 bridgehead atoms. The van der Waals surface area contributed by atoms with E-state index in [0.29, 0.717) is 29.7 Å². The van der Waals surface area contributed by atoms with Gasteiger partial charge in [-0.05, 0) is 42.6 Å². The third-order valence-corrected chi connectivity index (χ3v) is 4.63. The third-order valence-electron chi connectivity index (χ3n) is 4.38. The van der Waals surface area contributed by atoms with Crippen LogP contribution in [-0.4, -0.2) is 35.4 Å². The highest BCUT2D eigenvalue weighted by atomic mass is 35.5. The highest BCUT2D eigenvalue weighted by Gasteiger charge is 2.34. The van der Waals surface area contributed by atoms with Crippen LogP contribution < -0.4 is 5.73 Å². The molecule has 0 spiro atoms. The van der Waals surface area contributed by atoms with Gasteiger partial charge >= 0.3 is 0 Å². The first kappa shape index (κ1) is 18.8. The summed E-state index contributed by atoms with van der Waals surface area (Å²) < 4.78 is 5.47. The molecular weight excluding hydrogens is 349 g/mol. The van der Waals surface area contributed by atoms with Crippen LogP contribution in [0.15, 0.2) is 34.9 Å². The molecule has 1 unspecified atom stereocenters. The SMILES string of the molecule is CC1(CN)CCN(C(=O)Cc2coc(-c3ccc(Cl)cc3)n2)C1.Cl. The number of amides is 1. The Kier molecular flexibility index (Phi) is 5.91. The minimum absolute atomic E-state index is 0. The maximum Gasteiger partial charge on any atom is 0.228 e. The molecular formula is C17H21Cl2N3O2. The lowest BCUT2D eigenvalue weighted by molar-refractivity contribution is -0.129. The fourth-order valence-electron chi connectivity index (χ4n) is 2.78. The molecule has 3 rings (SSSR count). The molecule has 1 amide bonds. The second-order valence-electron chi connectivity index (χ2n) is 6.41. The summed E-state index contributed by atoms with van der Waals surface area (Å²) in [6.07, 6.45) is 2.74. The summed E-state index contributed by atoms with van der Waals surface area (Å²) in [6, 6.07) is 7.24. The van der Waals surface area contributed by atoms with Gasteiger partial charge in [0.2, 0.25) is 11.8 Å². The van der Waals surface area contributed by atoms with Crippen molar-refractivity contribution in [1.29, 1.82) is 0 Å². The van der Waals surface area contributed by atoms with E-state index in [4.69, 9.17) is 21.8 Å². The molecule has 1 aliphatic rings. The fraction of sp³-hybridized carbons (Fsp3) is 0.412. The van der Waals surface area contributed by atoms with Gasteiger partial charge in [-0.1, -0.05) is 18.5 Å². The Morgan fingerprint density at radius 1 is 1.42 bits per heavy atom. The molecule has 1 aromatic carbocycles. The van der Waals surface area contributed by atoms with E-state index in [9.17, 15) is 4.79 Å². The van der Waals surface area contributed by atoms with E-state index in [-0.39, 0.29) is 30.2 Å². The van der Waals surface area contributed by atoms with Crippen molar-refractivity contribution in [3.8, 4) is 11.5 Å². The van der Waals surface area contributed by atoms with Gasteiger partial charge < -0.3 is 15.1 Å². The van der Waals surface area contributed by atoms with Crippen molar-refractivity contribution in [1.82, 2.24) is 9.88 Å². The lowest BCUT2D eigenvalue weighted by Crippen LogP contribution is -2.35. The van der Waals surface area contributed by atoms with E-state index in [0.717, 1.165) is 18.5 Å². The molecule has 0 saturated carbocycles. The average Bonchev–Trinajstić information content (AvgIpc) is 3.16. The van der Waals surface area contributed by atoms with Gasteiger partial charge in [-0.25, -0.2) is 4.98 Å². The molecule has 130 valence electrons. The van der Waals surface area contributed by atoms with Crippen LogP contribution in [0.1, 0.15) is 19.0 Å². The lowest BCUT2D eigenvalue weighted by Gasteiger charge is -2.22. The molecule has 2 aromatic rings. The third kappa shape index (κ3) is 4.09. The Bertz CT molecular complexity index is 702. The van der Waals surface area contributed by atoms with Gasteiger partial charge in [-0.15, -0.1) is 12.4 Å². The predicted molar refractivity (Wildman–Crippen MR) is 96.3 cm³/mol. The standard InChI is InChI=1S/C17H20ClN3O2.ClH/c1-17(10-19)6-7-21(11-17)15(22)8-14-9-23-16(20-14)12-2-4-13(18)5-3-12;/h2-5,9H,6-8,10-11,19H2,1H3;1H. The topological polar surface area (TPSA) is 72.4 Å². The van der Waals surface area contributed by atoms with E-state index in [2.05, 4.69) is 11.9 Å². The van der Waals surface area contributed by atoms with E-state index in [1.807, 2.05) is 17.0 Å². The molecule has 0 aliphatic carbocycles. The molecule has 1 atom stereocenters. The van der Waals surface area contributed by atoms with Crippen molar-refractivity contribution < 1.29 is 9.21 Å². The predicted octanol–water partition coefficient (Wildman–Crippen LogP) is 3.16. The quantitative estimate of drug-likeness (QED) is 0.898. The number of nitrogens with two attached hydrogens (primary N) is 1. The zero-order chi connectivity index (χ0) is 16.4. The monoisotopic (exact) mass is 369 g/mol. The van der Waals surface area contributed by atoms with Gasteiger partial charge in [0.05, 0.1) is 12.1 Å². The molecule has 1 aliphatic heterocycles. The van der Waals surface area contributed by atoms with Gasteiger partial charge in [-0.2, -0.15) is 0 Å². The maximum absolute atomic E-state index is 12.4. The summed E-state index contributed by atoms with van der Waals surface area (Å²) in [5, 5.41) is 0.660. The Morgan fingerprint density at radius 3 is 2.75 bits per heavy atom. The van der Waals surface area contributed by atoms with E-state index >= 15 is 0 Å². The zero-order valence-corrected chi connectivity index (χ0v) is 15.1. The maximum atomic E-state index is 12.4. The number of oxazole rings is 1. The van der Waals surface area contributed by atoms with E-state index < -0.39 is 0 Å². The number of halogens is 2. The first-order valence-electron chi connectivity index (χ1n) is 7.67. The minimum Gasteiger partial charge on any atom is -0.444 e. The molecule has 24 heavy (non-hydrogen) atoms. The molecule has 7 heteroatoms. The van der Waals surface area contributed by atoms with Crippen LogP contribution in [0.25, 0.3) is 11.5 Å². The van der Waals surface area contributed by atoms with Crippen molar-refractivity contribution in [2.75, 3.05) is 19.6 Å². The molecule has 1 aromatic heterocycles. The average molecular weight is 370 g/mol. The van der Waals surface area contributed by atoms with Crippen LogP contribution in [0, 0.1) is 5.41 Å². The molecule has 2 heterocycles. The van der Waals surface area contributed by atoms with Crippen LogP contribution >= 0.6 is 24.0 Å². The number of aromatic nitrogens is 1. The van der Waals surface area contributed by atoms with Crippen molar-refractivity contribution in [2.24, 2.45) is 11.1 Å². The summed E-state index contributed by atoms with van der Waals surface area (Å²) in [5.74, 6) is 0.566. The number of rotatable bonds is 4. The number of carbonyl (C=O) groups excluding carboxylic acids is 1. The summed E-state index contributed by atoms with van der Waals surface area (Å²) in [6.45, 7) is 4.19. The van der Waals surface area contributed by atoms with Crippen molar-refractivity contribution in [3.63, 3.8) is 0 Å². The van der Waals surface area contributed by atoms with Gasteiger partial charge in [0.1, 0.15) is 6.26 Å². The van der Waals surface area contributed by atoms with Gasteiger partial charge in [0.15, 0.2) is 0 Å². The number of carbonyl (C=O) groups is 1. The van der Waals surface area contributed by atoms with Crippen LogP contribution in [-0.2, 0) is 11.2 Å². The Morgan fingerprint density at radius 2 is 2.12 bits per heavy atom. The highest BCUT2D eigenvalue weighted by Crippen LogP contribution is 2.29. The molecule has 1 saturated heterocycles. The molecule has 2 N–H and O–H groups in total. The lowest BCUT2D eigenvalue weighted by atomic mass is 9.90. The Labute approximate surface area is 152 Å². The largest absolute Gasteiger partial charge is 0.444 e.